The van der Waals surface area contributed by atoms with Crippen molar-refractivity contribution in [3.05, 3.63) is 16.9 Å². The van der Waals surface area contributed by atoms with Crippen molar-refractivity contribution in [2.24, 2.45) is 5.92 Å². The second-order valence-electron chi connectivity index (χ2n) is 5.06. The summed E-state index contributed by atoms with van der Waals surface area (Å²) in [4.78, 5) is 13.4. The first-order chi connectivity index (χ1) is 8.69. The van der Waals surface area contributed by atoms with E-state index < -0.39 is 0 Å². The standard InChI is InChI=1S/C13H21BrN4/c1-3-5-17(2)9-11-4-6-18(10-11)13-15-7-12(14)8-16-13/h7-8,11H,3-6,9-10H2,1-2H3/t11-/m1/s1. The van der Waals surface area contributed by atoms with Crippen LogP contribution in [0.1, 0.15) is 19.8 Å². The van der Waals surface area contributed by atoms with Crippen molar-refractivity contribution in [2.75, 3.05) is 38.1 Å². The number of nitrogens with zero attached hydrogens (tertiary/aromatic N) is 4. The van der Waals surface area contributed by atoms with Crippen LogP contribution in [0.2, 0.25) is 0 Å². The fraction of sp³-hybridized carbons (Fsp3) is 0.692. The molecule has 0 amide bonds. The summed E-state index contributed by atoms with van der Waals surface area (Å²) in [6.07, 6.45) is 6.11. The molecule has 0 aromatic carbocycles. The van der Waals surface area contributed by atoms with Crippen LogP contribution in [0.15, 0.2) is 16.9 Å². The van der Waals surface area contributed by atoms with Crippen LogP contribution in [0.3, 0.4) is 0 Å². The molecule has 5 heteroatoms. The molecule has 0 spiro atoms. The Kier molecular flexibility index (Phi) is 4.95. The summed E-state index contributed by atoms with van der Waals surface area (Å²) in [6.45, 7) is 6.75. The van der Waals surface area contributed by atoms with Crippen molar-refractivity contribution in [1.82, 2.24) is 14.9 Å². The molecule has 0 bridgehead atoms. The zero-order valence-electron chi connectivity index (χ0n) is 11.1. The molecule has 1 aromatic rings. The summed E-state index contributed by atoms with van der Waals surface area (Å²) >= 11 is 3.37. The minimum Gasteiger partial charge on any atom is -0.340 e. The Bertz CT molecular complexity index is 368. The second kappa shape index (κ2) is 6.48. The highest BCUT2D eigenvalue weighted by atomic mass is 79.9. The molecule has 2 heterocycles. The predicted molar refractivity (Wildman–Crippen MR) is 77.8 cm³/mol. The number of rotatable bonds is 5. The van der Waals surface area contributed by atoms with Crippen molar-refractivity contribution in [3.8, 4) is 0 Å². The van der Waals surface area contributed by atoms with E-state index in [-0.39, 0.29) is 0 Å². The lowest BCUT2D eigenvalue weighted by molar-refractivity contribution is 0.287. The van der Waals surface area contributed by atoms with Crippen LogP contribution in [-0.4, -0.2) is 48.1 Å². The van der Waals surface area contributed by atoms with E-state index in [1.54, 1.807) is 0 Å². The predicted octanol–water partition coefficient (Wildman–Crippen LogP) is 2.41. The number of hydrogen-bond donors (Lipinski definition) is 0. The molecule has 1 atom stereocenters. The lowest BCUT2D eigenvalue weighted by Gasteiger charge is -2.20. The van der Waals surface area contributed by atoms with E-state index in [1.807, 2.05) is 12.4 Å². The molecule has 2 rings (SSSR count). The van der Waals surface area contributed by atoms with Gasteiger partial charge in [-0.1, -0.05) is 6.92 Å². The topological polar surface area (TPSA) is 32.3 Å². The molecule has 0 aliphatic carbocycles. The van der Waals surface area contributed by atoms with E-state index in [2.05, 4.69) is 49.7 Å². The third-order valence-electron chi connectivity index (χ3n) is 3.35. The van der Waals surface area contributed by atoms with Gasteiger partial charge in [-0.05, 0) is 48.3 Å². The first kappa shape index (κ1) is 13.7. The van der Waals surface area contributed by atoms with Crippen LogP contribution in [0.4, 0.5) is 5.95 Å². The maximum absolute atomic E-state index is 4.36. The Labute approximate surface area is 118 Å². The van der Waals surface area contributed by atoms with Gasteiger partial charge in [0.2, 0.25) is 5.95 Å². The molecule has 0 saturated carbocycles. The fourth-order valence-electron chi connectivity index (χ4n) is 2.55. The first-order valence-electron chi connectivity index (χ1n) is 6.60. The average molecular weight is 313 g/mol. The lowest BCUT2D eigenvalue weighted by atomic mass is 10.1. The van der Waals surface area contributed by atoms with Crippen LogP contribution in [-0.2, 0) is 0 Å². The molecule has 100 valence electrons. The molecular formula is C13H21BrN4. The van der Waals surface area contributed by atoms with E-state index in [0.717, 1.165) is 29.4 Å². The van der Waals surface area contributed by atoms with Gasteiger partial charge < -0.3 is 9.80 Å². The largest absolute Gasteiger partial charge is 0.340 e. The van der Waals surface area contributed by atoms with Crippen molar-refractivity contribution >= 4 is 21.9 Å². The normalized spacial score (nSPS) is 19.8. The van der Waals surface area contributed by atoms with Gasteiger partial charge in [-0.2, -0.15) is 0 Å². The quantitative estimate of drug-likeness (QED) is 0.836. The van der Waals surface area contributed by atoms with Crippen LogP contribution in [0.25, 0.3) is 0 Å². The zero-order chi connectivity index (χ0) is 13.0. The zero-order valence-corrected chi connectivity index (χ0v) is 12.7. The van der Waals surface area contributed by atoms with E-state index in [9.17, 15) is 0 Å². The van der Waals surface area contributed by atoms with Crippen LogP contribution >= 0.6 is 15.9 Å². The molecule has 0 radical (unpaired) electrons. The van der Waals surface area contributed by atoms with E-state index in [1.165, 1.54) is 25.9 Å². The van der Waals surface area contributed by atoms with Gasteiger partial charge in [0.25, 0.3) is 0 Å². The summed E-state index contributed by atoms with van der Waals surface area (Å²) in [5.41, 5.74) is 0. The summed E-state index contributed by atoms with van der Waals surface area (Å²) in [5.74, 6) is 1.60. The number of halogens is 1. The molecule has 1 aliphatic rings. The number of anilines is 1. The molecule has 4 nitrogen and oxygen atoms in total. The Balaban J connectivity index is 1.86. The van der Waals surface area contributed by atoms with Gasteiger partial charge in [0.1, 0.15) is 0 Å². The van der Waals surface area contributed by atoms with Gasteiger partial charge >= 0.3 is 0 Å². The molecule has 0 N–H and O–H groups in total. The highest BCUT2D eigenvalue weighted by Gasteiger charge is 2.24. The highest BCUT2D eigenvalue weighted by Crippen LogP contribution is 2.21. The van der Waals surface area contributed by atoms with Crippen molar-refractivity contribution in [1.29, 1.82) is 0 Å². The molecule has 1 fully saturated rings. The monoisotopic (exact) mass is 312 g/mol. The van der Waals surface area contributed by atoms with Gasteiger partial charge in [0.05, 0.1) is 4.47 Å². The van der Waals surface area contributed by atoms with Crippen molar-refractivity contribution in [3.63, 3.8) is 0 Å². The minimum absolute atomic E-state index is 0.744. The summed E-state index contributed by atoms with van der Waals surface area (Å²) in [5, 5.41) is 0. The smallest absolute Gasteiger partial charge is 0.225 e. The molecule has 18 heavy (non-hydrogen) atoms. The van der Waals surface area contributed by atoms with Crippen molar-refractivity contribution in [2.45, 2.75) is 19.8 Å². The lowest BCUT2D eigenvalue weighted by Crippen LogP contribution is -2.29. The summed E-state index contributed by atoms with van der Waals surface area (Å²) in [6, 6.07) is 0. The van der Waals surface area contributed by atoms with Crippen LogP contribution in [0, 0.1) is 5.92 Å². The van der Waals surface area contributed by atoms with Gasteiger partial charge in [-0.25, -0.2) is 9.97 Å². The van der Waals surface area contributed by atoms with E-state index in [0.29, 0.717) is 0 Å². The average Bonchev–Trinajstić information content (AvgIpc) is 2.78. The minimum atomic E-state index is 0.744. The highest BCUT2D eigenvalue weighted by molar-refractivity contribution is 9.10. The van der Waals surface area contributed by atoms with Crippen molar-refractivity contribution < 1.29 is 0 Å². The molecular weight excluding hydrogens is 292 g/mol. The Morgan fingerprint density at radius 2 is 2.17 bits per heavy atom. The molecule has 1 saturated heterocycles. The number of aromatic nitrogens is 2. The Hall–Kier alpha value is -0.680. The van der Waals surface area contributed by atoms with Gasteiger partial charge in [-0.15, -0.1) is 0 Å². The van der Waals surface area contributed by atoms with Gasteiger partial charge in [0, 0.05) is 32.0 Å². The third kappa shape index (κ3) is 3.65. The molecule has 0 unspecified atom stereocenters. The van der Waals surface area contributed by atoms with Crippen LogP contribution < -0.4 is 4.90 Å². The molecule has 1 aromatic heterocycles. The van der Waals surface area contributed by atoms with E-state index >= 15 is 0 Å². The summed E-state index contributed by atoms with van der Waals surface area (Å²) < 4.78 is 0.935. The Morgan fingerprint density at radius 3 is 2.83 bits per heavy atom. The maximum Gasteiger partial charge on any atom is 0.225 e. The SMILES string of the molecule is CCCN(C)C[C@H]1CCN(c2ncc(Br)cn2)C1. The van der Waals surface area contributed by atoms with E-state index in [4.69, 9.17) is 0 Å². The third-order valence-corrected chi connectivity index (χ3v) is 3.76. The van der Waals surface area contributed by atoms with Gasteiger partial charge in [0.15, 0.2) is 0 Å². The first-order valence-corrected chi connectivity index (χ1v) is 7.39. The fourth-order valence-corrected chi connectivity index (χ4v) is 2.75. The van der Waals surface area contributed by atoms with Crippen LogP contribution in [0.5, 0.6) is 0 Å². The van der Waals surface area contributed by atoms with Gasteiger partial charge in [-0.3, -0.25) is 0 Å². The summed E-state index contributed by atoms with van der Waals surface area (Å²) in [7, 11) is 2.21. The maximum atomic E-state index is 4.36. The number of hydrogen-bond acceptors (Lipinski definition) is 4. The Morgan fingerprint density at radius 1 is 1.44 bits per heavy atom. The molecule has 1 aliphatic heterocycles. The second-order valence-corrected chi connectivity index (χ2v) is 5.98.